The van der Waals surface area contributed by atoms with Crippen LogP contribution in [0.1, 0.15) is 19.3 Å². The van der Waals surface area contributed by atoms with Gasteiger partial charge in [-0.15, -0.1) is 0 Å². The molecule has 0 aromatic carbocycles. The van der Waals surface area contributed by atoms with Crippen LogP contribution in [0.15, 0.2) is 0 Å². The molecular weight excluding hydrogens is 224 g/mol. The van der Waals surface area contributed by atoms with Gasteiger partial charge >= 0.3 is 0 Å². The van der Waals surface area contributed by atoms with Gasteiger partial charge in [0.2, 0.25) is 0 Å². The molecule has 2 aliphatic rings. The highest BCUT2D eigenvalue weighted by Crippen LogP contribution is 2.36. The van der Waals surface area contributed by atoms with Crippen LogP contribution < -0.4 is 5.32 Å². The molecule has 1 heterocycles. The fourth-order valence-corrected chi connectivity index (χ4v) is 3.16. The second kappa shape index (κ2) is 6.33. The first-order valence-corrected chi connectivity index (χ1v) is 7.41. The fraction of sp³-hybridized carbons (Fsp3) is 1.00. The van der Waals surface area contributed by atoms with Crippen molar-refractivity contribution in [1.29, 1.82) is 0 Å². The standard InChI is InChI=1S/C14H30N4/c1-16(2)14(5-4-6-14)13-17(3)11-12-18-9-7-15-8-10-18/h15H,4-13H2,1-3H3. The third-order valence-electron chi connectivity index (χ3n) is 4.80. The van der Waals surface area contributed by atoms with Crippen molar-refractivity contribution in [2.24, 2.45) is 0 Å². The minimum Gasteiger partial charge on any atom is -0.314 e. The average Bonchev–Trinajstić information content (AvgIpc) is 2.32. The molecule has 0 aromatic rings. The number of hydrogen-bond donors (Lipinski definition) is 1. The van der Waals surface area contributed by atoms with E-state index in [0.717, 1.165) is 13.1 Å². The van der Waals surface area contributed by atoms with Gasteiger partial charge in [0.15, 0.2) is 0 Å². The number of nitrogens with one attached hydrogen (secondary N) is 1. The Hall–Kier alpha value is -0.160. The molecule has 4 nitrogen and oxygen atoms in total. The van der Waals surface area contributed by atoms with Gasteiger partial charge in [-0.05, 0) is 40.4 Å². The monoisotopic (exact) mass is 254 g/mol. The first-order chi connectivity index (χ1) is 8.62. The van der Waals surface area contributed by atoms with Crippen LogP contribution in [0, 0.1) is 0 Å². The van der Waals surface area contributed by atoms with E-state index in [4.69, 9.17) is 0 Å². The van der Waals surface area contributed by atoms with Gasteiger partial charge in [0.1, 0.15) is 0 Å². The van der Waals surface area contributed by atoms with Crippen LogP contribution in [0.2, 0.25) is 0 Å². The summed E-state index contributed by atoms with van der Waals surface area (Å²) >= 11 is 0. The lowest BCUT2D eigenvalue weighted by atomic mass is 9.75. The van der Waals surface area contributed by atoms with Crippen molar-refractivity contribution in [2.75, 3.05) is 67.0 Å². The summed E-state index contributed by atoms with van der Waals surface area (Å²) in [5.41, 5.74) is 0.470. The lowest BCUT2D eigenvalue weighted by molar-refractivity contribution is 0.0253. The van der Waals surface area contributed by atoms with Crippen molar-refractivity contribution >= 4 is 0 Å². The zero-order valence-electron chi connectivity index (χ0n) is 12.4. The molecular formula is C14H30N4. The van der Waals surface area contributed by atoms with Gasteiger partial charge < -0.3 is 15.1 Å². The van der Waals surface area contributed by atoms with Crippen LogP contribution in [-0.4, -0.2) is 87.2 Å². The van der Waals surface area contributed by atoms with Crippen LogP contribution in [-0.2, 0) is 0 Å². The Morgan fingerprint density at radius 2 is 1.78 bits per heavy atom. The van der Waals surface area contributed by atoms with E-state index < -0.39 is 0 Å². The predicted octanol–water partition coefficient (Wildman–Crippen LogP) is 0.308. The summed E-state index contributed by atoms with van der Waals surface area (Å²) in [4.78, 5) is 7.55. The van der Waals surface area contributed by atoms with Gasteiger partial charge in [0, 0.05) is 51.4 Å². The van der Waals surface area contributed by atoms with Gasteiger partial charge in [0.25, 0.3) is 0 Å². The Kier molecular flexibility index (Phi) is 5.01. The maximum absolute atomic E-state index is 3.41. The van der Waals surface area contributed by atoms with Crippen LogP contribution in [0.5, 0.6) is 0 Å². The van der Waals surface area contributed by atoms with Crippen LogP contribution in [0.3, 0.4) is 0 Å². The molecule has 2 rings (SSSR count). The molecule has 1 saturated heterocycles. The van der Waals surface area contributed by atoms with E-state index in [1.807, 2.05) is 0 Å². The van der Waals surface area contributed by atoms with Gasteiger partial charge in [-0.1, -0.05) is 0 Å². The maximum Gasteiger partial charge on any atom is 0.0330 e. The first-order valence-electron chi connectivity index (χ1n) is 7.41. The number of nitrogens with zero attached hydrogens (tertiary/aromatic N) is 3. The number of hydrogen-bond acceptors (Lipinski definition) is 4. The normalized spacial score (nSPS) is 24.5. The Morgan fingerprint density at radius 3 is 2.28 bits per heavy atom. The predicted molar refractivity (Wildman–Crippen MR) is 77.1 cm³/mol. The second-order valence-electron chi connectivity index (χ2n) is 6.30. The number of rotatable bonds is 6. The number of likely N-dealkylation sites (N-methyl/N-ethyl adjacent to an activating group) is 2. The molecule has 18 heavy (non-hydrogen) atoms. The first kappa shape index (κ1) is 14.3. The molecule has 2 fully saturated rings. The van der Waals surface area contributed by atoms with Crippen molar-refractivity contribution in [3.05, 3.63) is 0 Å². The lowest BCUT2D eigenvalue weighted by Gasteiger charge is -2.49. The molecule has 0 radical (unpaired) electrons. The van der Waals surface area contributed by atoms with E-state index in [-0.39, 0.29) is 0 Å². The smallest absolute Gasteiger partial charge is 0.0330 e. The lowest BCUT2D eigenvalue weighted by Crippen LogP contribution is -2.57. The topological polar surface area (TPSA) is 21.8 Å². The van der Waals surface area contributed by atoms with Crippen molar-refractivity contribution in [2.45, 2.75) is 24.8 Å². The van der Waals surface area contributed by atoms with Crippen molar-refractivity contribution < 1.29 is 0 Å². The molecule has 0 amide bonds. The van der Waals surface area contributed by atoms with Crippen LogP contribution >= 0.6 is 0 Å². The van der Waals surface area contributed by atoms with E-state index >= 15 is 0 Å². The quantitative estimate of drug-likeness (QED) is 0.736. The molecule has 1 saturated carbocycles. The van der Waals surface area contributed by atoms with E-state index in [2.05, 4.69) is 41.2 Å². The molecule has 1 N–H and O–H groups in total. The summed E-state index contributed by atoms with van der Waals surface area (Å²) in [6.45, 7) is 8.40. The summed E-state index contributed by atoms with van der Waals surface area (Å²) in [7, 11) is 6.76. The molecule has 4 heteroatoms. The van der Waals surface area contributed by atoms with E-state index in [1.54, 1.807) is 0 Å². The highest BCUT2D eigenvalue weighted by atomic mass is 15.3. The zero-order valence-corrected chi connectivity index (χ0v) is 12.4. The third kappa shape index (κ3) is 3.44. The molecule has 1 aliphatic heterocycles. The molecule has 0 atom stereocenters. The summed E-state index contributed by atoms with van der Waals surface area (Å²) in [6.07, 6.45) is 4.15. The largest absolute Gasteiger partial charge is 0.314 e. The summed E-state index contributed by atoms with van der Waals surface area (Å²) < 4.78 is 0. The second-order valence-corrected chi connectivity index (χ2v) is 6.30. The van der Waals surface area contributed by atoms with Crippen molar-refractivity contribution in [1.82, 2.24) is 20.0 Å². The van der Waals surface area contributed by atoms with E-state index in [9.17, 15) is 0 Å². The van der Waals surface area contributed by atoms with Gasteiger partial charge in [0.05, 0.1) is 0 Å². The molecule has 106 valence electrons. The van der Waals surface area contributed by atoms with E-state index in [1.165, 1.54) is 52.0 Å². The summed E-state index contributed by atoms with van der Waals surface area (Å²) in [6, 6.07) is 0. The average molecular weight is 254 g/mol. The SMILES string of the molecule is CN(CCN1CCNCC1)CC1(N(C)C)CCC1. The van der Waals surface area contributed by atoms with Gasteiger partial charge in [-0.2, -0.15) is 0 Å². The molecule has 0 bridgehead atoms. The Balaban J connectivity index is 1.69. The Morgan fingerprint density at radius 1 is 1.11 bits per heavy atom. The maximum atomic E-state index is 3.41. The van der Waals surface area contributed by atoms with Crippen LogP contribution in [0.25, 0.3) is 0 Å². The van der Waals surface area contributed by atoms with E-state index in [0.29, 0.717) is 5.54 Å². The molecule has 1 aliphatic carbocycles. The zero-order chi connectivity index (χ0) is 13.0. The minimum absolute atomic E-state index is 0.470. The summed E-state index contributed by atoms with van der Waals surface area (Å²) in [5, 5.41) is 3.41. The molecule has 0 spiro atoms. The van der Waals surface area contributed by atoms with Gasteiger partial charge in [-0.25, -0.2) is 0 Å². The summed E-state index contributed by atoms with van der Waals surface area (Å²) in [5.74, 6) is 0. The Bertz CT molecular complexity index is 244. The molecule has 0 unspecified atom stereocenters. The highest BCUT2D eigenvalue weighted by molar-refractivity contribution is 4.97. The number of piperazine rings is 1. The fourth-order valence-electron chi connectivity index (χ4n) is 3.16. The van der Waals surface area contributed by atoms with Crippen molar-refractivity contribution in [3.8, 4) is 0 Å². The van der Waals surface area contributed by atoms with Crippen LogP contribution in [0.4, 0.5) is 0 Å². The highest BCUT2D eigenvalue weighted by Gasteiger charge is 2.39. The third-order valence-corrected chi connectivity index (χ3v) is 4.80. The van der Waals surface area contributed by atoms with Gasteiger partial charge in [-0.3, -0.25) is 4.90 Å². The minimum atomic E-state index is 0.470. The Labute approximate surface area is 112 Å². The van der Waals surface area contributed by atoms with Crippen molar-refractivity contribution in [3.63, 3.8) is 0 Å². The molecule has 0 aromatic heterocycles.